The van der Waals surface area contributed by atoms with Crippen molar-refractivity contribution in [2.75, 3.05) is 0 Å². The van der Waals surface area contributed by atoms with Crippen LogP contribution >= 0.6 is 0 Å². The van der Waals surface area contributed by atoms with Crippen LogP contribution in [-0.2, 0) is 14.9 Å². The molecule has 7 heteroatoms. The molecule has 1 rings (SSSR count). The Morgan fingerprint density at radius 3 is 2.31 bits per heavy atom. The summed E-state index contributed by atoms with van der Waals surface area (Å²) in [4.78, 5) is 10.5. The number of carbonyl (C=O) groups is 1. The second-order valence-electron chi connectivity index (χ2n) is 3.20. The molecule has 3 atom stereocenters. The lowest BCUT2D eigenvalue weighted by Gasteiger charge is -2.09. The van der Waals surface area contributed by atoms with Crippen LogP contribution in [0.4, 0.5) is 0 Å². The first-order valence-electron chi connectivity index (χ1n) is 3.77. The van der Waals surface area contributed by atoms with Crippen molar-refractivity contribution >= 4 is 16.1 Å². The summed E-state index contributed by atoms with van der Waals surface area (Å²) in [6.07, 6.45) is 0.121. The molecule has 0 aliphatic carbocycles. The molecule has 0 aromatic rings. The van der Waals surface area contributed by atoms with Crippen LogP contribution in [0.2, 0.25) is 0 Å². The fourth-order valence-corrected chi connectivity index (χ4v) is 2.29. The first kappa shape index (κ1) is 10.4. The highest BCUT2D eigenvalue weighted by molar-refractivity contribution is 7.86. The standard InChI is InChI=1S/C6H11NO5S/c1-3-2-4(13(10,11)12)7-5(3)6(8)9/h3-5,7H,2H2,1H3,(H,8,9)(H,10,11,12)/t3-,4+,5-/m1/s1. The van der Waals surface area contributed by atoms with Crippen LogP contribution in [0.15, 0.2) is 0 Å². The molecule has 6 nitrogen and oxygen atoms in total. The molecule has 1 aliphatic heterocycles. The second kappa shape index (κ2) is 3.24. The minimum Gasteiger partial charge on any atom is -0.480 e. The fourth-order valence-electron chi connectivity index (χ4n) is 1.43. The van der Waals surface area contributed by atoms with Gasteiger partial charge in [-0.05, 0) is 12.3 Å². The number of rotatable bonds is 2. The van der Waals surface area contributed by atoms with Gasteiger partial charge in [0.2, 0.25) is 0 Å². The topological polar surface area (TPSA) is 104 Å². The van der Waals surface area contributed by atoms with Gasteiger partial charge in [0.25, 0.3) is 10.1 Å². The molecule has 0 aromatic carbocycles. The molecular formula is C6H11NO5S. The van der Waals surface area contributed by atoms with E-state index in [9.17, 15) is 13.2 Å². The molecule has 76 valence electrons. The normalized spacial score (nSPS) is 34.8. The van der Waals surface area contributed by atoms with Crippen molar-refractivity contribution in [3.05, 3.63) is 0 Å². The van der Waals surface area contributed by atoms with Gasteiger partial charge in [0, 0.05) is 0 Å². The van der Waals surface area contributed by atoms with E-state index in [4.69, 9.17) is 9.66 Å². The number of carboxylic acid groups (broad SMARTS) is 1. The Balaban J connectivity index is 2.77. The quantitative estimate of drug-likeness (QED) is 0.519. The Labute approximate surface area is 75.7 Å². The molecular weight excluding hydrogens is 198 g/mol. The molecule has 1 fully saturated rings. The molecule has 0 spiro atoms. The van der Waals surface area contributed by atoms with Crippen molar-refractivity contribution in [3.63, 3.8) is 0 Å². The Kier molecular flexibility index (Phi) is 2.60. The van der Waals surface area contributed by atoms with E-state index in [1.807, 2.05) is 0 Å². The minimum absolute atomic E-state index is 0.121. The van der Waals surface area contributed by atoms with Crippen molar-refractivity contribution in [2.24, 2.45) is 5.92 Å². The molecule has 0 amide bonds. The highest BCUT2D eigenvalue weighted by Crippen LogP contribution is 2.22. The van der Waals surface area contributed by atoms with Gasteiger partial charge in [0.15, 0.2) is 0 Å². The van der Waals surface area contributed by atoms with Crippen molar-refractivity contribution in [1.29, 1.82) is 0 Å². The average Bonchev–Trinajstić information content (AvgIpc) is 2.29. The monoisotopic (exact) mass is 209 g/mol. The maximum atomic E-state index is 10.6. The molecule has 13 heavy (non-hydrogen) atoms. The third-order valence-electron chi connectivity index (χ3n) is 2.15. The Bertz CT molecular complexity index is 311. The molecule has 0 aromatic heterocycles. The number of hydrogen-bond acceptors (Lipinski definition) is 4. The number of carboxylic acids is 1. The molecule has 0 saturated carbocycles. The van der Waals surface area contributed by atoms with Crippen LogP contribution in [0.5, 0.6) is 0 Å². The summed E-state index contributed by atoms with van der Waals surface area (Å²) < 4.78 is 29.9. The molecule has 1 aliphatic rings. The van der Waals surface area contributed by atoms with Gasteiger partial charge in [-0.25, -0.2) is 0 Å². The van der Waals surface area contributed by atoms with Crippen LogP contribution in [0.25, 0.3) is 0 Å². The third kappa shape index (κ3) is 2.17. The van der Waals surface area contributed by atoms with E-state index in [1.165, 1.54) is 0 Å². The SMILES string of the molecule is C[C@@H]1C[C@H](S(=O)(=O)O)N[C@H]1C(=O)O. The van der Waals surface area contributed by atoms with Gasteiger partial charge < -0.3 is 5.11 Å². The van der Waals surface area contributed by atoms with Gasteiger partial charge in [-0.2, -0.15) is 8.42 Å². The van der Waals surface area contributed by atoms with Gasteiger partial charge in [-0.15, -0.1) is 0 Å². The predicted octanol–water partition coefficient (Wildman–Crippen LogP) is -0.717. The lowest BCUT2D eigenvalue weighted by molar-refractivity contribution is -0.139. The lowest BCUT2D eigenvalue weighted by Crippen LogP contribution is -2.40. The van der Waals surface area contributed by atoms with Crippen molar-refractivity contribution in [2.45, 2.75) is 24.8 Å². The van der Waals surface area contributed by atoms with Crippen molar-refractivity contribution < 1.29 is 22.9 Å². The van der Waals surface area contributed by atoms with Gasteiger partial charge in [-0.1, -0.05) is 6.92 Å². The number of nitrogens with one attached hydrogen (secondary N) is 1. The maximum absolute atomic E-state index is 10.6. The molecule has 3 N–H and O–H groups in total. The van der Waals surface area contributed by atoms with Gasteiger partial charge in [0.1, 0.15) is 11.4 Å². The molecule has 0 unspecified atom stereocenters. The lowest BCUT2D eigenvalue weighted by atomic mass is 10.0. The summed E-state index contributed by atoms with van der Waals surface area (Å²) in [5.41, 5.74) is 0. The van der Waals surface area contributed by atoms with Crippen LogP contribution in [-0.4, -0.2) is 35.5 Å². The molecule has 1 saturated heterocycles. The highest BCUT2D eigenvalue weighted by Gasteiger charge is 2.40. The van der Waals surface area contributed by atoms with Gasteiger partial charge >= 0.3 is 5.97 Å². The first-order chi connectivity index (χ1) is 5.82. The zero-order valence-electron chi connectivity index (χ0n) is 6.97. The zero-order valence-corrected chi connectivity index (χ0v) is 7.78. The number of hydrogen-bond donors (Lipinski definition) is 3. The highest BCUT2D eigenvalue weighted by atomic mass is 32.2. The summed E-state index contributed by atoms with van der Waals surface area (Å²) in [7, 11) is -4.18. The average molecular weight is 209 g/mol. The van der Waals surface area contributed by atoms with E-state index in [1.54, 1.807) is 6.92 Å². The van der Waals surface area contributed by atoms with Crippen LogP contribution in [0.1, 0.15) is 13.3 Å². The van der Waals surface area contributed by atoms with E-state index < -0.39 is 27.5 Å². The maximum Gasteiger partial charge on any atom is 0.321 e. The van der Waals surface area contributed by atoms with Gasteiger partial charge in [0.05, 0.1) is 0 Å². The second-order valence-corrected chi connectivity index (χ2v) is 4.80. The molecule has 0 radical (unpaired) electrons. The number of aliphatic carboxylic acids is 1. The summed E-state index contributed by atoms with van der Waals surface area (Å²) >= 11 is 0. The molecule has 0 bridgehead atoms. The van der Waals surface area contributed by atoms with Crippen LogP contribution in [0, 0.1) is 5.92 Å². The van der Waals surface area contributed by atoms with Crippen LogP contribution in [0.3, 0.4) is 0 Å². The van der Waals surface area contributed by atoms with Crippen molar-refractivity contribution in [1.82, 2.24) is 5.32 Å². The summed E-state index contributed by atoms with van der Waals surface area (Å²) in [6, 6.07) is -0.896. The Morgan fingerprint density at radius 2 is 2.08 bits per heavy atom. The minimum atomic E-state index is -4.18. The smallest absolute Gasteiger partial charge is 0.321 e. The van der Waals surface area contributed by atoms with E-state index in [0.717, 1.165) is 0 Å². The van der Waals surface area contributed by atoms with Crippen LogP contribution < -0.4 is 5.32 Å². The molecule has 1 heterocycles. The first-order valence-corrected chi connectivity index (χ1v) is 5.28. The summed E-state index contributed by atoms with van der Waals surface area (Å²) in [5, 5.41) is 9.82. The van der Waals surface area contributed by atoms with E-state index >= 15 is 0 Å². The predicted molar refractivity (Wildman–Crippen MR) is 43.7 cm³/mol. The summed E-state index contributed by atoms with van der Waals surface area (Å²) in [5.74, 6) is -1.40. The Morgan fingerprint density at radius 1 is 1.54 bits per heavy atom. The zero-order chi connectivity index (χ0) is 10.2. The Hall–Kier alpha value is -0.660. The largest absolute Gasteiger partial charge is 0.480 e. The summed E-state index contributed by atoms with van der Waals surface area (Å²) in [6.45, 7) is 1.62. The van der Waals surface area contributed by atoms with Crippen molar-refractivity contribution in [3.8, 4) is 0 Å². The van der Waals surface area contributed by atoms with Gasteiger partial charge in [-0.3, -0.25) is 14.7 Å². The fraction of sp³-hybridized carbons (Fsp3) is 0.833. The third-order valence-corrected chi connectivity index (χ3v) is 3.19. The van der Waals surface area contributed by atoms with E-state index in [2.05, 4.69) is 5.32 Å². The van der Waals surface area contributed by atoms with E-state index in [0.29, 0.717) is 0 Å². The van der Waals surface area contributed by atoms with E-state index in [-0.39, 0.29) is 12.3 Å².